The lowest BCUT2D eigenvalue weighted by molar-refractivity contribution is 0.673. The molecule has 3 rings (SSSR count). The molecule has 0 spiro atoms. The minimum Gasteiger partial charge on any atom is -0.383 e. The van der Waals surface area contributed by atoms with Crippen molar-refractivity contribution in [1.82, 2.24) is 15.3 Å². The summed E-state index contributed by atoms with van der Waals surface area (Å²) in [5, 5.41) is 4.42. The lowest BCUT2D eigenvalue weighted by Gasteiger charge is -2.18. The number of fused-ring (bicyclic) bond motifs is 1. The second kappa shape index (κ2) is 5.50. The molecule has 3 N–H and O–H groups in total. The Morgan fingerprint density at radius 2 is 1.95 bits per heavy atom. The van der Waals surface area contributed by atoms with Crippen molar-refractivity contribution in [3.8, 4) is 0 Å². The Balaban J connectivity index is 2.11. The molecule has 1 aromatic carbocycles. The quantitative estimate of drug-likeness (QED) is 0.773. The Bertz CT molecular complexity index is 783. The molecule has 4 nitrogen and oxygen atoms in total. The number of nitrogens with zero attached hydrogens (tertiary/aromatic N) is 2. The van der Waals surface area contributed by atoms with Gasteiger partial charge in [-0.15, -0.1) is 0 Å². The van der Waals surface area contributed by atoms with Crippen molar-refractivity contribution in [3.05, 3.63) is 65.5 Å². The largest absolute Gasteiger partial charge is 0.383 e. The van der Waals surface area contributed by atoms with Crippen LogP contribution in [0.3, 0.4) is 0 Å². The average Bonchev–Trinajstić information content (AvgIpc) is 2.51. The van der Waals surface area contributed by atoms with Crippen LogP contribution in [0.4, 0.5) is 5.82 Å². The number of aromatic nitrogens is 2. The summed E-state index contributed by atoms with van der Waals surface area (Å²) in [5.74, 6) is 0.537. The van der Waals surface area contributed by atoms with Gasteiger partial charge in [0.2, 0.25) is 0 Å². The Morgan fingerprint density at radius 3 is 2.76 bits per heavy atom. The van der Waals surface area contributed by atoms with Crippen LogP contribution in [0.2, 0.25) is 0 Å². The van der Waals surface area contributed by atoms with Crippen molar-refractivity contribution in [2.24, 2.45) is 0 Å². The van der Waals surface area contributed by atoms with Crippen molar-refractivity contribution < 1.29 is 0 Å². The number of hydrogen-bond donors (Lipinski definition) is 2. The molecule has 3 aromatic rings. The van der Waals surface area contributed by atoms with E-state index < -0.39 is 0 Å². The first-order chi connectivity index (χ1) is 10.2. The molecule has 0 radical (unpaired) electrons. The third-order valence-electron chi connectivity index (χ3n) is 3.60. The van der Waals surface area contributed by atoms with Gasteiger partial charge in [-0.2, -0.15) is 0 Å². The number of anilines is 1. The lowest BCUT2D eigenvalue weighted by atomic mass is 10.0. The molecule has 0 aliphatic carbocycles. The highest BCUT2D eigenvalue weighted by atomic mass is 14.9. The van der Waals surface area contributed by atoms with E-state index in [1.54, 1.807) is 6.20 Å². The van der Waals surface area contributed by atoms with Gasteiger partial charge in [-0.25, -0.2) is 4.98 Å². The van der Waals surface area contributed by atoms with Crippen LogP contribution in [-0.2, 0) is 0 Å². The minimum absolute atomic E-state index is 0.0676. The van der Waals surface area contributed by atoms with E-state index in [0.717, 1.165) is 27.7 Å². The normalized spacial score (nSPS) is 12.5. The molecule has 21 heavy (non-hydrogen) atoms. The van der Waals surface area contributed by atoms with E-state index in [1.807, 2.05) is 38.2 Å². The van der Waals surface area contributed by atoms with Crippen LogP contribution in [-0.4, -0.2) is 17.0 Å². The summed E-state index contributed by atoms with van der Waals surface area (Å²) < 4.78 is 0. The molecule has 0 aliphatic rings. The summed E-state index contributed by atoms with van der Waals surface area (Å²) in [4.78, 5) is 8.99. The van der Waals surface area contributed by atoms with Gasteiger partial charge in [-0.1, -0.05) is 24.3 Å². The number of hydrogen-bond acceptors (Lipinski definition) is 4. The molecule has 106 valence electrons. The first-order valence-electron chi connectivity index (χ1n) is 6.94. The zero-order valence-electron chi connectivity index (χ0n) is 12.2. The van der Waals surface area contributed by atoms with E-state index in [9.17, 15) is 0 Å². The van der Waals surface area contributed by atoms with E-state index >= 15 is 0 Å². The summed E-state index contributed by atoms with van der Waals surface area (Å²) in [6, 6.07) is 14.2. The molecule has 0 bridgehead atoms. The van der Waals surface area contributed by atoms with Crippen LogP contribution in [0, 0.1) is 6.92 Å². The van der Waals surface area contributed by atoms with Crippen LogP contribution in [0.5, 0.6) is 0 Å². The Morgan fingerprint density at radius 1 is 1.14 bits per heavy atom. The number of nitrogens with two attached hydrogens (primary N) is 1. The van der Waals surface area contributed by atoms with Gasteiger partial charge in [0.15, 0.2) is 0 Å². The van der Waals surface area contributed by atoms with Crippen LogP contribution >= 0.6 is 0 Å². The fraction of sp³-hybridized carbons (Fsp3) is 0.176. The molecule has 0 amide bonds. The van der Waals surface area contributed by atoms with E-state index in [1.165, 1.54) is 0 Å². The zero-order valence-corrected chi connectivity index (χ0v) is 12.2. The molecule has 4 heteroatoms. The maximum atomic E-state index is 6.04. The molecule has 1 atom stereocenters. The van der Waals surface area contributed by atoms with Crippen molar-refractivity contribution in [1.29, 1.82) is 0 Å². The molecule has 1 unspecified atom stereocenters. The Labute approximate surface area is 124 Å². The molecule has 2 aromatic heterocycles. The fourth-order valence-corrected chi connectivity index (χ4v) is 2.54. The SMILES string of the molecule is CNC(c1ccc2ccccc2n1)c1cc(C)cnc1N. The van der Waals surface area contributed by atoms with Crippen molar-refractivity contribution in [2.75, 3.05) is 12.8 Å². The van der Waals surface area contributed by atoms with Crippen molar-refractivity contribution >= 4 is 16.7 Å². The molecular weight excluding hydrogens is 260 g/mol. The third-order valence-corrected chi connectivity index (χ3v) is 3.60. The number of para-hydroxylation sites is 1. The summed E-state index contributed by atoms with van der Waals surface area (Å²) in [6.45, 7) is 2.01. The van der Waals surface area contributed by atoms with E-state index in [4.69, 9.17) is 10.7 Å². The van der Waals surface area contributed by atoms with Gasteiger partial charge in [-0.3, -0.25) is 4.98 Å². The molecule has 0 aliphatic heterocycles. The van der Waals surface area contributed by atoms with Crippen LogP contribution in [0.15, 0.2) is 48.7 Å². The predicted octanol–water partition coefficient (Wildman–Crippen LogP) is 2.83. The van der Waals surface area contributed by atoms with Crippen LogP contribution in [0.1, 0.15) is 22.9 Å². The standard InChI is InChI=1S/C17H18N4/c1-11-9-13(17(18)20-10-11)16(19-2)15-8-7-12-5-3-4-6-14(12)21-15/h3-10,16,19H,1-2H3,(H2,18,20). The highest BCUT2D eigenvalue weighted by Crippen LogP contribution is 2.26. The highest BCUT2D eigenvalue weighted by Gasteiger charge is 2.17. The van der Waals surface area contributed by atoms with Gasteiger partial charge in [-0.05, 0) is 37.7 Å². The zero-order chi connectivity index (χ0) is 14.8. The maximum absolute atomic E-state index is 6.04. The van der Waals surface area contributed by atoms with Gasteiger partial charge < -0.3 is 11.1 Å². The van der Waals surface area contributed by atoms with Gasteiger partial charge in [0.1, 0.15) is 5.82 Å². The monoisotopic (exact) mass is 278 g/mol. The van der Waals surface area contributed by atoms with E-state index in [2.05, 4.69) is 28.5 Å². The second-order valence-corrected chi connectivity index (χ2v) is 5.14. The molecule has 0 saturated carbocycles. The van der Waals surface area contributed by atoms with E-state index in [-0.39, 0.29) is 6.04 Å². The first-order valence-corrected chi connectivity index (χ1v) is 6.94. The summed E-state index contributed by atoms with van der Waals surface area (Å²) in [6.07, 6.45) is 1.78. The number of pyridine rings is 2. The summed E-state index contributed by atoms with van der Waals surface area (Å²) >= 11 is 0. The summed E-state index contributed by atoms with van der Waals surface area (Å²) in [7, 11) is 1.91. The molecular formula is C17H18N4. The molecule has 0 fully saturated rings. The Hall–Kier alpha value is -2.46. The lowest BCUT2D eigenvalue weighted by Crippen LogP contribution is -2.20. The fourth-order valence-electron chi connectivity index (χ4n) is 2.54. The minimum atomic E-state index is -0.0676. The first kappa shape index (κ1) is 13.5. The number of nitrogen functional groups attached to an aromatic ring is 1. The Kier molecular flexibility index (Phi) is 3.54. The third kappa shape index (κ3) is 2.58. The smallest absolute Gasteiger partial charge is 0.128 e. The van der Waals surface area contributed by atoms with Gasteiger partial charge >= 0.3 is 0 Å². The summed E-state index contributed by atoms with van der Waals surface area (Å²) in [5.41, 5.74) is 10.0. The van der Waals surface area contributed by atoms with Crippen LogP contribution in [0.25, 0.3) is 10.9 Å². The number of nitrogens with one attached hydrogen (secondary N) is 1. The molecule has 0 saturated heterocycles. The highest BCUT2D eigenvalue weighted by molar-refractivity contribution is 5.78. The molecule has 2 heterocycles. The van der Waals surface area contributed by atoms with Gasteiger partial charge in [0.25, 0.3) is 0 Å². The maximum Gasteiger partial charge on any atom is 0.128 e. The number of rotatable bonds is 3. The topological polar surface area (TPSA) is 63.8 Å². The average molecular weight is 278 g/mol. The number of aryl methyl sites for hydroxylation is 1. The number of benzene rings is 1. The van der Waals surface area contributed by atoms with E-state index in [0.29, 0.717) is 5.82 Å². The van der Waals surface area contributed by atoms with Gasteiger partial charge in [0, 0.05) is 17.1 Å². The van der Waals surface area contributed by atoms with Crippen LogP contribution < -0.4 is 11.1 Å². The predicted molar refractivity (Wildman–Crippen MR) is 86.0 cm³/mol. The van der Waals surface area contributed by atoms with Gasteiger partial charge in [0.05, 0.1) is 17.3 Å². The van der Waals surface area contributed by atoms with Crippen molar-refractivity contribution in [2.45, 2.75) is 13.0 Å². The van der Waals surface area contributed by atoms with Crippen molar-refractivity contribution in [3.63, 3.8) is 0 Å². The second-order valence-electron chi connectivity index (χ2n) is 5.14.